The van der Waals surface area contributed by atoms with Crippen LogP contribution in [0.15, 0.2) is 36.4 Å². The molecule has 6 heteroatoms. The average Bonchev–Trinajstić information content (AvgIpc) is 2.66. The van der Waals surface area contributed by atoms with E-state index in [1.807, 2.05) is 31.2 Å². The van der Waals surface area contributed by atoms with Gasteiger partial charge in [-0.1, -0.05) is 51.4 Å². The van der Waals surface area contributed by atoms with E-state index in [1.165, 1.54) is 19.8 Å². The van der Waals surface area contributed by atoms with E-state index in [9.17, 15) is 4.79 Å². The summed E-state index contributed by atoms with van der Waals surface area (Å²) < 4.78 is 16.4. The lowest BCUT2D eigenvalue weighted by Crippen LogP contribution is -2.32. The number of rotatable bonds is 7. The Hall–Kier alpha value is -2.40. The van der Waals surface area contributed by atoms with Crippen LogP contribution in [0.2, 0.25) is 5.02 Å². The zero-order valence-electron chi connectivity index (χ0n) is 17.3. The van der Waals surface area contributed by atoms with Gasteiger partial charge in [-0.25, -0.2) is 0 Å². The number of hydrogen-bond acceptors (Lipinski definition) is 4. The van der Waals surface area contributed by atoms with Crippen molar-refractivity contribution in [3.8, 4) is 17.2 Å². The van der Waals surface area contributed by atoms with Gasteiger partial charge >= 0.3 is 0 Å². The Bertz CT molecular complexity index is 813. The number of benzene rings is 2. The van der Waals surface area contributed by atoms with Crippen LogP contribution in [-0.4, -0.2) is 26.2 Å². The molecule has 2 aromatic rings. The van der Waals surface area contributed by atoms with E-state index in [2.05, 4.69) is 26.1 Å². The molecule has 0 fully saturated rings. The maximum absolute atomic E-state index is 12.8. The maximum atomic E-state index is 12.8. The highest BCUT2D eigenvalue weighted by molar-refractivity contribution is 6.32. The quantitative estimate of drug-likeness (QED) is 0.665. The van der Waals surface area contributed by atoms with Gasteiger partial charge in [0.25, 0.3) is 5.91 Å². The van der Waals surface area contributed by atoms with Crippen molar-refractivity contribution in [2.75, 3.05) is 19.5 Å². The number of ether oxygens (including phenoxy) is 3. The summed E-state index contributed by atoms with van der Waals surface area (Å²) in [5.74, 6) is 1.27. The molecule has 1 N–H and O–H groups in total. The molecule has 0 aliphatic rings. The van der Waals surface area contributed by atoms with Crippen molar-refractivity contribution >= 4 is 23.2 Å². The van der Waals surface area contributed by atoms with Crippen molar-refractivity contribution in [1.82, 2.24) is 0 Å². The molecule has 152 valence electrons. The second-order valence-electron chi connectivity index (χ2n) is 7.47. The van der Waals surface area contributed by atoms with Crippen LogP contribution in [0, 0.1) is 0 Å². The molecule has 0 aliphatic heterocycles. The zero-order chi connectivity index (χ0) is 20.9. The highest BCUT2D eigenvalue weighted by atomic mass is 35.5. The molecule has 0 aromatic heterocycles. The lowest BCUT2D eigenvalue weighted by Gasteiger charge is -2.21. The maximum Gasteiger partial charge on any atom is 0.265 e. The predicted molar refractivity (Wildman–Crippen MR) is 113 cm³/mol. The predicted octanol–water partition coefficient (Wildman–Crippen LogP) is 5.45. The molecule has 1 unspecified atom stereocenters. The third-order valence-electron chi connectivity index (χ3n) is 4.39. The number of amides is 1. The Balaban J connectivity index is 2.16. The third-order valence-corrected chi connectivity index (χ3v) is 4.69. The normalized spacial score (nSPS) is 12.2. The summed E-state index contributed by atoms with van der Waals surface area (Å²) in [6.07, 6.45) is -0.133. The Morgan fingerprint density at radius 2 is 1.68 bits per heavy atom. The fourth-order valence-corrected chi connectivity index (χ4v) is 2.92. The van der Waals surface area contributed by atoms with Gasteiger partial charge < -0.3 is 19.5 Å². The fraction of sp³-hybridized carbons (Fsp3) is 0.409. The number of hydrogen-bond donors (Lipinski definition) is 1. The van der Waals surface area contributed by atoms with Crippen LogP contribution in [0.3, 0.4) is 0 Å². The molecular formula is C22H28ClNO4. The summed E-state index contributed by atoms with van der Waals surface area (Å²) in [7, 11) is 3.02. The van der Waals surface area contributed by atoms with Gasteiger partial charge in [0.05, 0.1) is 24.9 Å². The number of halogens is 1. The summed E-state index contributed by atoms with van der Waals surface area (Å²) >= 11 is 6.12. The van der Waals surface area contributed by atoms with Gasteiger partial charge in [0, 0.05) is 12.1 Å². The molecule has 28 heavy (non-hydrogen) atoms. The molecule has 0 saturated carbocycles. The van der Waals surface area contributed by atoms with E-state index in [0.29, 0.717) is 34.4 Å². The van der Waals surface area contributed by atoms with Gasteiger partial charge in [-0.2, -0.15) is 0 Å². The third kappa shape index (κ3) is 5.32. The van der Waals surface area contributed by atoms with E-state index in [1.54, 1.807) is 12.1 Å². The van der Waals surface area contributed by atoms with E-state index in [0.717, 1.165) is 0 Å². The molecule has 0 aliphatic carbocycles. The number of carbonyl (C=O) groups is 1. The van der Waals surface area contributed by atoms with Crippen molar-refractivity contribution in [3.63, 3.8) is 0 Å². The van der Waals surface area contributed by atoms with E-state index in [4.69, 9.17) is 25.8 Å². The van der Waals surface area contributed by atoms with Crippen LogP contribution in [0.4, 0.5) is 5.69 Å². The zero-order valence-corrected chi connectivity index (χ0v) is 18.0. The summed E-state index contributed by atoms with van der Waals surface area (Å²) in [5, 5.41) is 3.25. The van der Waals surface area contributed by atoms with E-state index < -0.39 is 6.10 Å². The summed E-state index contributed by atoms with van der Waals surface area (Å²) in [4.78, 5) is 12.8. The molecule has 2 aromatic carbocycles. The minimum atomic E-state index is -0.646. The molecule has 0 heterocycles. The Labute approximate surface area is 171 Å². The molecule has 0 spiro atoms. The van der Waals surface area contributed by atoms with Gasteiger partial charge in [0.1, 0.15) is 17.2 Å². The molecular weight excluding hydrogens is 378 g/mol. The number of methoxy groups -OCH3 is 2. The van der Waals surface area contributed by atoms with Gasteiger partial charge in [-0.3, -0.25) is 4.79 Å². The summed E-state index contributed by atoms with van der Waals surface area (Å²) in [6, 6.07) is 11.1. The van der Waals surface area contributed by atoms with Crippen LogP contribution in [-0.2, 0) is 10.2 Å². The average molecular weight is 406 g/mol. The first-order valence-corrected chi connectivity index (χ1v) is 9.57. The molecule has 0 radical (unpaired) electrons. The van der Waals surface area contributed by atoms with Crippen molar-refractivity contribution < 1.29 is 19.0 Å². The van der Waals surface area contributed by atoms with Crippen molar-refractivity contribution in [1.29, 1.82) is 0 Å². The lowest BCUT2D eigenvalue weighted by molar-refractivity contribution is -0.122. The van der Waals surface area contributed by atoms with Crippen LogP contribution >= 0.6 is 11.6 Å². The standard InChI is InChI=1S/C22H28ClNO4/c1-7-18(28-15-10-8-14(9-11-15)22(2,3)4)21(25)24-17-13-19(26-5)16(23)12-20(17)27-6/h8-13,18H,7H2,1-6H3,(H,24,25). The smallest absolute Gasteiger partial charge is 0.265 e. The van der Waals surface area contributed by atoms with Crippen molar-refractivity contribution in [2.45, 2.75) is 45.6 Å². The largest absolute Gasteiger partial charge is 0.495 e. The molecule has 1 amide bonds. The van der Waals surface area contributed by atoms with Crippen molar-refractivity contribution in [2.24, 2.45) is 0 Å². The summed E-state index contributed by atoms with van der Waals surface area (Å²) in [5.41, 5.74) is 1.73. The molecule has 0 bridgehead atoms. The Morgan fingerprint density at radius 3 is 2.18 bits per heavy atom. The monoisotopic (exact) mass is 405 g/mol. The topological polar surface area (TPSA) is 56.8 Å². The molecule has 0 saturated heterocycles. The SMILES string of the molecule is CCC(Oc1ccc(C(C)(C)C)cc1)C(=O)Nc1cc(OC)c(Cl)cc1OC. The second kappa shape index (κ2) is 9.20. The van der Waals surface area contributed by atoms with Crippen molar-refractivity contribution in [3.05, 3.63) is 47.0 Å². The Kier molecular flexibility index (Phi) is 7.19. The number of nitrogens with one attached hydrogen (secondary N) is 1. The van der Waals surface area contributed by atoms with Gasteiger partial charge in [-0.05, 0) is 29.5 Å². The molecule has 1 atom stereocenters. The molecule has 2 rings (SSSR count). The number of carbonyl (C=O) groups excluding carboxylic acids is 1. The highest BCUT2D eigenvalue weighted by Gasteiger charge is 2.21. The number of anilines is 1. The van der Waals surface area contributed by atoms with Crippen LogP contribution in [0.5, 0.6) is 17.2 Å². The minimum Gasteiger partial charge on any atom is -0.495 e. The van der Waals surface area contributed by atoms with Gasteiger partial charge in [0.15, 0.2) is 6.10 Å². The lowest BCUT2D eigenvalue weighted by atomic mass is 9.87. The van der Waals surface area contributed by atoms with E-state index in [-0.39, 0.29) is 11.3 Å². The first kappa shape index (κ1) is 21.9. The second-order valence-corrected chi connectivity index (χ2v) is 7.87. The van der Waals surface area contributed by atoms with Crippen LogP contribution < -0.4 is 19.5 Å². The van der Waals surface area contributed by atoms with Gasteiger partial charge in [0.2, 0.25) is 0 Å². The Morgan fingerprint density at radius 1 is 1.07 bits per heavy atom. The van der Waals surface area contributed by atoms with Crippen LogP contribution in [0.25, 0.3) is 0 Å². The summed E-state index contributed by atoms with van der Waals surface area (Å²) in [6.45, 7) is 8.35. The first-order valence-electron chi connectivity index (χ1n) is 9.19. The minimum absolute atomic E-state index is 0.0598. The van der Waals surface area contributed by atoms with Crippen LogP contribution in [0.1, 0.15) is 39.7 Å². The highest BCUT2D eigenvalue weighted by Crippen LogP contribution is 2.36. The fourth-order valence-electron chi connectivity index (χ4n) is 2.69. The van der Waals surface area contributed by atoms with Gasteiger partial charge in [-0.15, -0.1) is 0 Å². The molecule has 5 nitrogen and oxygen atoms in total. The van der Waals surface area contributed by atoms with E-state index >= 15 is 0 Å². The first-order chi connectivity index (χ1) is 13.2.